The van der Waals surface area contributed by atoms with E-state index in [4.69, 9.17) is 0 Å². The fraction of sp³-hybridized carbons (Fsp3) is 0.467. The Morgan fingerprint density at radius 2 is 2.08 bits per heavy atom. The molecule has 11 heteroatoms. The molecule has 4 heterocycles. The van der Waals surface area contributed by atoms with Crippen LogP contribution in [0.15, 0.2) is 29.7 Å². The molecule has 0 amide bonds. The van der Waals surface area contributed by atoms with E-state index >= 15 is 0 Å². The van der Waals surface area contributed by atoms with Crippen LogP contribution in [0.3, 0.4) is 0 Å². The van der Waals surface area contributed by atoms with Crippen molar-refractivity contribution in [2.45, 2.75) is 23.8 Å². The molecule has 10 nitrogen and oxygen atoms in total. The van der Waals surface area contributed by atoms with Crippen LogP contribution in [-0.4, -0.2) is 57.8 Å². The summed E-state index contributed by atoms with van der Waals surface area (Å²) in [6.45, 7) is 1.90. The van der Waals surface area contributed by atoms with Crippen molar-refractivity contribution in [3.8, 4) is 0 Å². The molecule has 136 valence electrons. The van der Waals surface area contributed by atoms with Crippen molar-refractivity contribution in [2.75, 3.05) is 24.5 Å². The minimum absolute atomic E-state index is 0.0843. The first-order valence-electron chi connectivity index (χ1n) is 8.55. The summed E-state index contributed by atoms with van der Waals surface area (Å²) in [4.78, 5) is 8.48. The number of nitrogens with one attached hydrogen (secondary N) is 2. The lowest BCUT2D eigenvalue weighted by molar-refractivity contribution is 0.401. The quantitative estimate of drug-likeness (QED) is 0.629. The van der Waals surface area contributed by atoms with Crippen LogP contribution in [0.5, 0.6) is 0 Å². The number of hydrogen-bond donors (Lipinski definition) is 2. The molecule has 1 saturated heterocycles. The summed E-state index contributed by atoms with van der Waals surface area (Å²) in [6.07, 6.45) is 4.94. The largest absolute Gasteiger partial charge is 0.354 e. The first-order valence-corrected chi connectivity index (χ1v) is 10.0. The van der Waals surface area contributed by atoms with Gasteiger partial charge in [-0.15, -0.1) is 15.3 Å². The third-order valence-corrected chi connectivity index (χ3v) is 6.17. The third kappa shape index (κ3) is 2.72. The lowest BCUT2D eigenvalue weighted by Gasteiger charge is -2.40. The summed E-state index contributed by atoms with van der Waals surface area (Å²) >= 11 is 0. The topological polar surface area (TPSA) is 121 Å². The normalized spacial score (nSPS) is 18.4. The molecule has 0 unspecified atom stereocenters. The molecule has 3 aromatic heterocycles. The van der Waals surface area contributed by atoms with Crippen molar-refractivity contribution >= 4 is 21.5 Å². The van der Waals surface area contributed by atoms with E-state index in [1.165, 1.54) is 12.5 Å². The molecule has 0 spiro atoms. The molecular formula is C15H18N8O2S. The Bertz CT molecular complexity index is 1030. The minimum atomic E-state index is -3.52. The van der Waals surface area contributed by atoms with Gasteiger partial charge in [0.1, 0.15) is 5.82 Å². The SMILES string of the molecule is O=S(=O)(NCC1CN(c2ccc3nnc(C4CC4)n3n2)C1)c1cnc[nH]1. The van der Waals surface area contributed by atoms with Gasteiger partial charge in [-0.25, -0.2) is 18.1 Å². The molecule has 0 radical (unpaired) electrons. The summed E-state index contributed by atoms with van der Waals surface area (Å²) < 4.78 is 28.6. The number of imidazole rings is 1. The monoisotopic (exact) mass is 374 g/mol. The number of hydrogen-bond acceptors (Lipinski definition) is 7. The molecule has 1 aliphatic heterocycles. The Hall–Kier alpha value is -2.53. The van der Waals surface area contributed by atoms with Crippen LogP contribution in [-0.2, 0) is 10.0 Å². The van der Waals surface area contributed by atoms with E-state index in [-0.39, 0.29) is 10.9 Å². The van der Waals surface area contributed by atoms with Gasteiger partial charge >= 0.3 is 0 Å². The summed E-state index contributed by atoms with van der Waals surface area (Å²) in [5.41, 5.74) is 0.764. The van der Waals surface area contributed by atoms with Gasteiger partial charge in [0.05, 0.1) is 12.5 Å². The zero-order valence-corrected chi connectivity index (χ0v) is 14.7. The predicted octanol–water partition coefficient (Wildman–Crippen LogP) is 0.139. The first kappa shape index (κ1) is 15.7. The van der Waals surface area contributed by atoms with Crippen LogP contribution in [0.4, 0.5) is 5.82 Å². The van der Waals surface area contributed by atoms with E-state index in [0.717, 1.165) is 43.2 Å². The van der Waals surface area contributed by atoms with Crippen LogP contribution < -0.4 is 9.62 Å². The molecule has 0 atom stereocenters. The number of H-pyrrole nitrogens is 1. The standard InChI is InChI=1S/C15H18N8O2S/c24-26(25,14-6-16-9-17-14)18-5-10-7-22(8-10)13-4-3-12-19-20-15(11-1-2-11)23(12)21-13/h3-4,6,9-11,18H,1-2,5,7-8H2,(H,16,17). The average molecular weight is 374 g/mol. The summed E-state index contributed by atoms with van der Waals surface area (Å²) in [5, 5.41) is 13.2. The van der Waals surface area contributed by atoms with Gasteiger partial charge in [-0.2, -0.15) is 4.52 Å². The second-order valence-electron chi connectivity index (χ2n) is 6.83. The fourth-order valence-corrected chi connectivity index (χ4v) is 4.16. The predicted molar refractivity (Wildman–Crippen MR) is 92.2 cm³/mol. The molecule has 1 saturated carbocycles. The molecule has 2 fully saturated rings. The number of aromatic amines is 1. The molecule has 2 aliphatic rings. The molecule has 1 aliphatic carbocycles. The van der Waals surface area contributed by atoms with Crippen molar-refractivity contribution in [3.63, 3.8) is 0 Å². The van der Waals surface area contributed by atoms with Crippen LogP contribution in [0.2, 0.25) is 0 Å². The highest BCUT2D eigenvalue weighted by atomic mass is 32.2. The Labute approximate surface area is 149 Å². The molecule has 3 aromatic rings. The number of aromatic nitrogens is 6. The van der Waals surface area contributed by atoms with Gasteiger partial charge in [0.15, 0.2) is 16.5 Å². The fourth-order valence-electron chi connectivity index (χ4n) is 3.14. The van der Waals surface area contributed by atoms with E-state index in [1.807, 2.05) is 16.6 Å². The van der Waals surface area contributed by atoms with Crippen molar-refractivity contribution < 1.29 is 8.42 Å². The maximum atomic E-state index is 12.1. The van der Waals surface area contributed by atoms with Gasteiger partial charge in [-0.05, 0) is 25.0 Å². The number of anilines is 1. The van der Waals surface area contributed by atoms with Gasteiger partial charge in [0.2, 0.25) is 0 Å². The van der Waals surface area contributed by atoms with E-state index < -0.39 is 10.0 Å². The minimum Gasteiger partial charge on any atom is -0.354 e. The molecular weight excluding hydrogens is 356 g/mol. The average Bonchev–Trinajstić information content (AvgIpc) is 3.11. The Morgan fingerprint density at radius 1 is 1.23 bits per heavy atom. The van der Waals surface area contributed by atoms with Crippen molar-refractivity contribution in [1.82, 2.24) is 34.5 Å². The van der Waals surface area contributed by atoms with Gasteiger partial charge in [-0.1, -0.05) is 0 Å². The first-order chi connectivity index (χ1) is 12.6. The van der Waals surface area contributed by atoms with Crippen molar-refractivity contribution in [2.24, 2.45) is 5.92 Å². The zero-order valence-electron chi connectivity index (χ0n) is 13.9. The maximum absolute atomic E-state index is 12.1. The van der Waals surface area contributed by atoms with Crippen LogP contribution in [0.25, 0.3) is 5.65 Å². The van der Waals surface area contributed by atoms with E-state index in [0.29, 0.717) is 12.5 Å². The maximum Gasteiger partial charge on any atom is 0.257 e. The highest BCUT2D eigenvalue weighted by Crippen LogP contribution is 2.38. The molecule has 0 aromatic carbocycles. The molecule has 0 bridgehead atoms. The number of nitrogens with zero attached hydrogens (tertiary/aromatic N) is 6. The van der Waals surface area contributed by atoms with Crippen molar-refractivity contribution in [3.05, 3.63) is 30.5 Å². The van der Waals surface area contributed by atoms with Gasteiger partial charge < -0.3 is 9.88 Å². The lowest BCUT2D eigenvalue weighted by Crippen LogP contribution is -2.52. The molecule has 2 N–H and O–H groups in total. The van der Waals surface area contributed by atoms with E-state index in [1.54, 1.807) is 0 Å². The second-order valence-corrected chi connectivity index (χ2v) is 8.57. The zero-order chi connectivity index (χ0) is 17.7. The number of sulfonamides is 1. The summed E-state index contributed by atoms with van der Waals surface area (Å²) in [6, 6.07) is 3.86. The van der Waals surface area contributed by atoms with Gasteiger partial charge in [0, 0.05) is 31.5 Å². The Kier molecular flexibility index (Phi) is 3.47. The smallest absolute Gasteiger partial charge is 0.257 e. The Balaban J connectivity index is 1.23. The van der Waals surface area contributed by atoms with E-state index in [2.05, 4.69) is 34.9 Å². The van der Waals surface area contributed by atoms with E-state index in [9.17, 15) is 8.42 Å². The number of rotatable bonds is 6. The van der Waals surface area contributed by atoms with Crippen LogP contribution >= 0.6 is 0 Å². The van der Waals surface area contributed by atoms with Crippen LogP contribution in [0.1, 0.15) is 24.6 Å². The van der Waals surface area contributed by atoms with Crippen molar-refractivity contribution in [1.29, 1.82) is 0 Å². The van der Waals surface area contributed by atoms with Crippen LogP contribution in [0, 0.1) is 5.92 Å². The molecule has 5 rings (SSSR count). The lowest BCUT2D eigenvalue weighted by atomic mass is 10.0. The number of fused-ring (bicyclic) bond motifs is 1. The second kappa shape index (κ2) is 5.74. The highest BCUT2D eigenvalue weighted by molar-refractivity contribution is 7.89. The Morgan fingerprint density at radius 3 is 2.81 bits per heavy atom. The summed E-state index contributed by atoms with van der Waals surface area (Å²) in [5.74, 6) is 2.53. The molecule has 26 heavy (non-hydrogen) atoms. The summed E-state index contributed by atoms with van der Waals surface area (Å²) in [7, 11) is -3.52. The third-order valence-electron chi connectivity index (χ3n) is 4.82. The van der Waals surface area contributed by atoms with Gasteiger partial charge in [0.25, 0.3) is 10.0 Å². The van der Waals surface area contributed by atoms with Gasteiger partial charge in [-0.3, -0.25) is 0 Å². The highest BCUT2D eigenvalue weighted by Gasteiger charge is 2.32.